The van der Waals surface area contributed by atoms with E-state index in [2.05, 4.69) is 5.32 Å². The molecule has 0 aliphatic rings. The first kappa shape index (κ1) is 18.7. The highest BCUT2D eigenvalue weighted by atomic mass is 19.1. The van der Waals surface area contributed by atoms with E-state index in [1.54, 1.807) is 24.3 Å². The van der Waals surface area contributed by atoms with Crippen molar-refractivity contribution < 1.29 is 18.7 Å². The molecule has 134 valence electrons. The number of nitrogens with one attached hydrogen (secondary N) is 1. The lowest BCUT2D eigenvalue weighted by atomic mass is 10.1. The molecule has 0 aromatic heterocycles. The minimum Gasteiger partial charge on any atom is -0.493 e. The Morgan fingerprint density at radius 1 is 1.16 bits per heavy atom. The number of hydrogen-bond acceptors (Lipinski definition) is 4. The molecule has 2 aromatic rings. The molecule has 0 spiro atoms. The van der Waals surface area contributed by atoms with Crippen molar-refractivity contribution in [2.24, 2.45) is 0 Å². The Labute approximate surface area is 147 Å². The van der Waals surface area contributed by atoms with Crippen LogP contribution in [0.2, 0.25) is 0 Å². The second-order valence-corrected chi connectivity index (χ2v) is 5.79. The SMILES string of the molecule is COc1cccc(C(=O)NC[C@H](c2cccc(F)c2)N(C)C)c1OC. The van der Waals surface area contributed by atoms with Gasteiger partial charge < -0.3 is 19.7 Å². The minimum absolute atomic E-state index is 0.156. The Morgan fingerprint density at radius 2 is 1.88 bits per heavy atom. The van der Waals surface area contributed by atoms with Crippen molar-refractivity contribution in [2.75, 3.05) is 34.9 Å². The van der Waals surface area contributed by atoms with Crippen LogP contribution in [0.25, 0.3) is 0 Å². The molecule has 2 rings (SSSR count). The number of halogens is 1. The molecule has 0 radical (unpaired) electrons. The smallest absolute Gasteiger partial charge is 0.255 e. The number of rotatable bonds is 7. The van der Waals surface area contributed by atoms with E-state index >= 15 is 0 Å². The molecule has 1 amide bonds. The number of ether oxygens (including phenoxy) is 2. The van der Waals surface area contributed by atoms with E-state index in [9.17, 15) is 9.18 Å². The van der Waals surface area contributed by atoms with Crippen molar-refractivity contribution in [2.45, 2.75) is 6.04 Å². The average Bonchev–Trinajstić information content (AvgIpc) is 2.60. The molecule has 1 N–H and O–H groups in total. The normalized spacial score (nSPS) is 11.9. The van der Waals surface area contributed by atoms with Crippen LogP contribution in [0, 0.1) is 5.82 Å². The van der Waals surface area contributed by atoms with Crippen molar-refractivity contribution in [3.63, 3.8) is 0 Å². The number of carbonyl (C=O) groups is 1. The first-order valence-corrected chi connectivity index (χ1v) is 7.89. The zero-order valence-corrected chi connectivity index (χ0v) is 14.9. The lowest BCUT2D eigenvalue weighted by molar-refractivity contribution is 0.0938. The van der Waals surface area contributed by atoms with Gasteiger partial charge in [-0.1, -0.05) is 18.2 Å². The van der Waals surface area contributed by atoms with Crippen LogP contribution >= 0.6 is 0 Å². The molecule has 0 aliphatic carbocycles. The van der Waals surface area contributed by atoms with Crippen LogP contribution in [-0.2, 0) is 0 Å². The molecule has 0 aliphatic heterocycles. The average molecular weight is 346 g/mol. The van der Waals surface area contributed by atoms with Gasteiger partial charge in [-0.3, -0.25) is 4.79 Å². The second-order valence-electron chi connectivity index (χ2n) is 5.79. The maximum absolute atomic E-state index is 13.5. The number of likely N-dealkylation sites (N-methyl/N-ethyl adjacent to an activating group) is 1. The Kier molecular flexibility index (Phi) is 6.36. The summed E-state index contributed by atoms with van der Waals surface area (Å²) in [6, 6.07) is 11.3. The molecule has 2 aromatic carbocycles. The molecule has 1 atom stereocenters. The molecule has 0 unspecified atom stereocenters. The fourth-order valence-corrected chi connectivity index (χ4v) is 2.66. The summed E-state index contributed by atoms with van der Waals surface area (Å²) in [5.74, 6) is 0.295. The van der Waals surface area contributed by atoms with E-state index in [0.717, 1.165) is 5.56 Å². The summed E-state index contributed by atoms with van der Waals surface area (Å²) in [6.45, 7) is 0.329. The number of benzene rings is 2. The molecule has 0 fully saturated rings. The fourth-order valence-electron chi connectivity index (χ4n) is 2.66. The highest BCUT2D eigenvalue weighted by Crippen LogP contribution is 2.30. The summed E-state index contributed by atoms with van der Waals surface area (Å²) in [5.41, 5.74) is 1.18. The monoisotopic (exact) mass is 346 g/mol. The third-order valence-corrected chi connectivity index (χ3v) is 3.96. The van der Waals surface area contributed by atoms with Gasteiger partial charge in [-0.2, -0.15) is 0 Å². The van der Waals surface area contributed by atoms with E-state index in [1.807, 2.05) is 25.1 Å². The van der Waals surface area contributed by atoms with Gasteiger partial charge in [0.2, 0.25) is 0 Å². The van der Waals surface area contributed by atoms with Crippen molar-refractivity contribution in [1.29, 1.82) is 0 Å². The Morgan fingerprint density at radius 3 is 2.48 bits per heavy atom. The lowest BCUT2D eigenvalue weighted by Gasteiger charge is -2.25. The molecule has 0 heterocycles. The molecule has 25 heavy (non-hydrogen) atoms. The number of para-hydroxylation sites is 1. The largest absolute Gasteiger partial charge is 0.493 e. The van der Waals surface area contributed by atoms with Gasteiger partial charge in [0.15, 0.2) is 11.5 Å². The maximum Gasteiger partial charge on any atom is 0.255 e. The van der Waals surface area contributed by atoms with Crippen molar-refractivity contribution >= 4 is 5.91 Å². The molecular formula is C19H23FN2O3. The van der Waals surface area contributed by atoms with Crippen LogP contribution < -0.4 is 14.8 Å². The van der Waals surface area contributed by atoms with Crippen LogP contribution in [0.5, 0.6) is 11.5 Å². The van der Waals surface area contributed by atoms with E-state index in [4.69, 9.17) is 9.47 Å². The molecule has 0 saturated heterocycles. The van der Waals surface area contributed by atoms with Crippen LogP contribution in [-0.4, -0.2) is 45.7 Å². The Balaban J connectivity index is 2.17. The number of hydrogen-bond donors (Lipinski definition) is 1. The lowest BCUT2D eigenvalue weighted by Crippen LogP contribution is -2.34. The van der Waals surface area contributed by atoms with Gasteiger partial charge in [-0.25, -0.2) is 4.39 Å². The van der Waals surface area contributed by atoms with Crippen LogP contribution in [0.1, 0.15) is 22.0 Å². The number of carbonyl (C=O) groups excluding carboxylic acids is 1. The van der Waals surface area contributed by atoms with E-state index in [1.165, 1.54) is 26.4 Å². The van der Waals surface area contributed by atoms with Crippen molar-refractivity contribution in [3.8, 4) is 11.5 Å². The molecule has 5 nitrogen and oxygen atoms in total. The predicted octanol–water partition coefficient (Wildman–Crippen LogP) is 2.88. The topological polar surface area (TPSA) is 50.8 Å². The summed E-state index contributed by atoms with van der Waals surface area (Å²) in [5, 5.41) is 2.89. The van der Waals surface area contributed by atoms with Gasteiger partial charge in [0, 0.05) is 6.54 Å². The third-order valence-electron chi connectivity index (χ3n) is 3.96. The van der Waals surface area contributed by atoms with Gasteiger partial charge in [-0.15, -0.1) is 0 Å². The highest BCUT2D eigenvalue weighted by molar-refractivity contribution is 5.97. The molecule has 0 bridgehead atoms. The first-order valence-electron chi connectivity index (χ1n) is 7.89. The summed E-state index contributed by atoms with van der Waals surface area (Å²) in [4.78, 5) is 14.5. The summed E-state index contributed by atoms with van der Waals surface area (Å²) in [6.07, 6.45) is 0. The fraction of sp³-hybridized carbons (Fsp3) is 0.316. The van der Waals surface area contributed by atoms with Gasteiger partial charge in [0.1, 0.15) is 5.82 Å². The quantitative estimate of drug-likeness (QED) is 0.838. The van der Waals surface area contributed by atoms with Gasteiger partial charge in [0.25, 0.3) is 5.91 Å². The minimum atomic E-state index is -0.301. The second kappa shape index (κ2) is 8.48. The van der Waals surface area contributed by atoms with Gasteiger partial charge in [-0.05, 0) is 43.9 Å². The number of nitrogens with zero attached hydrogens (tertiary/aromatic N) is 1. The van der Waals surface area contributed by atoms with Gasteiger partial charge in [0.05, 0.1) is 25.8 Å². The van der Waals surface area contributed by atoms with Crippen molar-refractivity contribution in [3.05, 3.63) is 59.4 Å². The zero-order chi connectivity index (χ0) is 18.4. The number of amides is 1. The van der Waals surface area contributed by atoms with E-state index < -0.39 is 0 Å². The van der Waals surface area contributed by atoms with E-state index in [-0.39, 0.29) is 17.8 Å². The van der Waals surface area contributed by atoms with E-state index in [0.29, 0.717) is 23.6 Å². The van der Waals surface area contributed by atoms with Crippen LogP contribution in [0.3, 0.4) is 0 Å². The van der Waals surface area contributed by atoms with Crippen molar-refractivity contribution in [1.82, 2.24) is 10.2 Å². The summed E-state index contributed by atoms with van der Waals surface area (Å²) in [7, 11) is 6.78. The standard InChI is InChI=1S/C19H23FN2O3/c1-22(2)16(13-7-5-8-14(20)11-13)12-21-19(23)15-9-6-10-17(24-3)18(15)25-4/h5-11,16H,12H2,1-4H3,(H,21,23)/t16-/m1/s1. The molecule has 6 heteroatoms. The number of methoxy groups -OCH3 is 2. The first-order chi connectivity index (χ1) is 12.0. The molecule has 0 saturated carbocycles. The Hall–Kier alpha value is -2.60. The maximum atomic E-state index is 13.5. The van der Waals surface area contributed by atoms with Crippen LogP contribution in [0.15, 0.2) is 42.5 Å². The predicted molar refractivity (Wildman–Crippen MR) is 94.7 cm³/mol. The summed E-state index contributed by atoms with van der Waals surface area (Å²) < 4.78 is 24.0. The zero-order valence-electron chi connectivity index (χ0n) is 14.9. The van der Waals surface area contributed by atoms with Gasteiger partial charge >= 0.3 is 0 Å². The highest BCUT2D eigenvalue weighted by Gasteiger charge is 2.19. The van der Waals surface area contributed by atoms with Crippen LogP contribution in [0.4, 0.5) is 4.39 Å². The third kappa shape index (κ3) is 4.48. The summed E-state index contributed by atoms with van der Waals surface area (Å²) >= 11 is 0. The molecular weight excluding hydrogens is 323 g/mol. The Bertz CT molecular complexity index is 734.